The maximum Gasteiger partial charge on any atom is 0.338 e. The monoisotopic (exact) mass is 293 g/mol. The first-order chi connectivity index (χ1) is 10.8. The minimum Gasteiger partial charge on any atom is -0.462 e. The number of carbonyl (C=O) groups excluding carboxylic acids is 1. The predicted octanol–water partition coefficient (Wildman–Crippen LogP) is 3.11. The lowest BCUT2D eigenvalue weighted by Crippen LogP contribution is -2.05. The highest BCUT2D eigenvalue weighted by molar-refractivity contribution is 5.89. The molecular formula is C17H15N3O2. The summed E-state index contributed by atoms with van der Waals surface area (Å²) in [7, 11) is 0. The SMILES string of the molecule is CCOC(=O)c1ccc(-n2nncc2-c2ccccc2)cc1. The van der Waals surface area contributed by atoms with E-state index in [-0.39, 0.29) is 5.97 Å². The lowest BCUT2D eigenvalue weighted by atomic mass is 10.1. The van der Waals surface area contributed by atoms with Crippen LogP contribution < -0.4 is 0 Å². The van der Waals surface area contributed by atoms with Gasteiger partial charge in [0, 0.05) is 5.56 Å². The van der Waals surface area contributed by atoms with Gasteiger partial charge in [-0.3, -0.25) is 0 Å². The largest absolute Gasteiger partial charge is 0.462 e. The van der Waals surface area contributed by atoms with Gasteiger partial charge in [0.05, 0.1) is 29.7 Å². The van der Waals surface area contributed by atoms with Gasteiger partial charge in [-0.15, -0.1) is 5.10 Å². The van der Waals surface area contributed by atoms with Gasteiger partial charge in [0.15, 0.2) is 0 Å². The molecule has 2 aromatic carbocycles. The van der Waals surface area contributed by atoms with E-state index in [9.17, 15) is 4.79 Å². The molecule has 5 heteroatoms. The first-order valence-corrected chi connectivity index (χ1v) is 7.03. The van der Waals surface area contributed by atoms with Gasteiger partial charge < -0.3 is 4.74 Å². The summed E-state index contributed by atoms with van der Waals surface area (Å²) in [5.74, 6) is -0.323. The number of nitrogens with zero attached hydrogens (tertiary/aromatic N) is 3. The first-order valence-electron chi connectivity index (χ1n) is 7.03. The van der Waals surface area contributed by atoms with Gasteiger partial charge in [0.2, 0.25) is 0 Å². The number of hydrogen-bond donors (Lipinski definition) is 0. The zero-order valence-corrected chi connectivity index (χ0v) is 12.1. The van der Waals surface area contributed by atoms with Crippen molar-refractivity contribution in [2.45, 2.75) is 6.92 Å². The summed E-state index contributed by atoms with van der Waals surface area (Å²) in [6, 6.07) is 17.0. The van der Waals surface area contributed by atoms with E-state index >= 15 is 0 Å². The molecule has 1 aromatic heterocycles. The summed E-state index contributed by atoms with van der Waals surface area (Å²) in [4.78, 5) is 11.7. The topological polar surface area (TPSA) is 57.0 Å². The minimum absolute atomic E-state index is 0.323. The molecule has 3 aromatic rings. The van der Waals surface area contributed by atoms with Crippen LogP contribution in [0.15, 0.2) is 60.8 Å². The van der Waals surface area contributed by atoms with E-state index in [0.29, 0.717) is 12.2 Å². The molecule has 0 saturated carbocycles. The fourth-order valence-electron chi connectivity index (χ4n) is 2.18. The van der Waals surface area contributed by atoms with E-state index in [1.807, 2.05) is 42.5 Å². The summed E-state index contributed by atoms with van der Waals surface area (Å²) in [6.07, 6.45) is 1.72. The number of hydrogen-bond acceptors (Lipinski definition) is 4. The van der Waals surface area contributed by atoms with Crippen LogP contribution in [0.3, 0.4) is 0 Å². The smallest absolute Gasteiger partial charge is 0.338 e. The molecule has 0 saturated heterocycles. The quantitative estimate of drug-likeness (QED) is 0.694. The zero-order chi connectivity index (χ0) is 15.4. The van der Waals surface area contributed by atoms with Crippen LogP contribution in [0.1, 0.15) is 17.3 Å². The molecule has 0 aliphatic heterocycles. The molecule has 5 nitrogen and oxygen atoms in total. The molecule has 0 N–H and O–H groups in total. The molecule has 0 fully saturated rings. The third-order valence-electron chi connectivity index (χ3n) is 3.24. The van der Waals surface area contributed by atoms with E-state index in [1.165, 1.54) is 0 Å². The van der Waals surface area contributed by atoms with Crippen molar-refractivity contribution < 1.29 is 9.53 Å². The van der Waals surface area contributed by atoms with Crippen LogP contribution in [0.5, 0.6) is 0 Å². The highest BCUT2D eigenvalue weighted by Gasteiger charge is 2.10. The fourth-order valence-corrected chi connectivity index (χ4v) is 2.18. The van der Waals surface area contributed by atoms with Crippen molar-refractivity contribution in [2.75, 3.05) is 6.61 Å². The van der Waals surface area contributed by atoms with E-state index in [1.54, 1.807) is 29.9 Å². The number of ether oxygens (including phenoxy) is 1. The molecule has 110 valence electrons. The average Bonchev–Trinajstić information content (AvgIpc) is 3.06. The molecule has 22 heavy (non-hydrogen) atoms. The second kappa shape index (κ2) is 6.22. The maximum atomic E-state index is 11.7. The van der Waals surface area contributed by atoms with Crippen LogP contribution >= 0.6 is 0 Å². The van der Waals surface area contributed by atoms with Gasteiger partial charge >= 0.3 is 5.97 Å². The molecule has 0 bridgehead atoms. The Hall–Kier alpha value is -2.95. The second-order valence-corrected chi connectivity index (χ2v) is 4.66. The number of rotatable bonds is 4. The second-order valence-electron chi connectivity index (χ2n) is 4.66. The van der Waals surface area contributed by atoms with Crippen LogP contribution in [0.4, 0.5) is 0 Å². The van der Waals surface area contributed by atoms with Crippen molar-refractivity contribution in [1.82, 2.24) is 15.0 Å². The molecule has 0 aliphatic carbocycles. The number of aromatic nitrogens is 3. The Morgan fingerprint density at radius 3 is 2.50 bits per heavy atom. The zero-order valence-electron chi connectivity index (χ0n) is 12.1. The number of carbonyl (C=O) groups is 1. The van der Waals surface area contributed by atoms with Gasteiger partial charge in [0.1, 0.15) is 0 Å². The summed E-state index contributed by atoms with van der Waals surface area (Å²) in [5.41, 5.74) is 3.28. The Kier molecular flexibility index (Phi) is 3.96. The fraction of sp³-hybridized carbons (Fsp3) is 0.118. The molecule has 0 radical (unpaired) electrons. The standard InChI is InChI=1S/C17H15N3O2/c1-2-22-17(21)14-8-10-15(11-9-14)20-16(12-18-19-20)13-6-4-3-5-7-13/h3-12H,2H2,1H3. The van der Waals surface area contributed by atoms with Crippen molar-refractivity contribution in [3.05, 3.63) is 66.4 Å². The summed E-state index contributed by atoms with van der Waals surface area (Å²) < 4.78 is 6.72. The molecule has 0 amide bonds. The molecule has 1 heterocycles. The maximum absolute atomic E-state index is 11.7. The van der Waals surface area contributed by atoms with Crippen molar-refractivity contribution in [3.8, 4) is 16.9 Å². The molecule has 0 atom stereocenters. The average molecular weight is 293 g/mol. The molecule has 0 unspecified atom stereocenters. The van der Waals surface area contributed by atoms with Crippen molar-refractivity contribution >= 4 is 5.97 Å². The summed E-state index contributed by atoms with van der Waals surface area (Å²) >= 11 is 0. The molecule has 3 rings (SSSR count). The van der Waals surface area contributed by atoms with Crippen LogP contribution in [0.2, 0.25) is 0 Å². The van der Waals surface area contributed by atoms with Gasteiger partial charge in [-0.2, -0.15) is 0 Å². The van der Waals surface area contributed by atoms with Crippen molar-refractivity contribution in [1.29, 1.82) is 0 Å². The Balaban J connectivity index is 1.93. The van der Waals surface area contributed by atoms with Crippen LogP contribution in [0.25, 0.3) is 16.9 Å². The van der Waals surface area contributed by atoms with Gasteiger partial charge in [-0.05, 0) is 31.2 Å². The van der Waals surface area contributed by atoms with Gasteiger partial charge in [-0.25, -0.2) is 9.48 Å². The van der Waals surface area contributed by atoms with Crippen LogP contribution in [0, 0.1) is 0 Å². The van der Waals surface area contributed by atoms with E-state index in [0.717, 1.165) is 16.9 Å². The van der Waals surface area contributed by atoms with E-state index in [2.05, 4.69) is 10.3 Å². The van der Waals surface area contributed by atoms with Gasteiger partial charge in [0.25, 0.3) is 0 Å². The summed E-state index contributed by atoms with van der Waals surface area (Å²) in [5, 5.41) is 8.11. The Morgan fingerprint density at radius 1 is 1.09 bits per heavy atom. The number of esters is 1. The van der Waals surface area contributed by atoms with Crippen LogP contribution in [-0.2, 0) is 4.74 Å². The summed E-state index contributed by atoms with van der Waals surface area (Å²) in [6.45, 7) is 2.15. The Bertz CT molecular complexity index is 764. The Morgan fingerprint density at radius 2 is 1.82 bits per heavy atom. The van der Waals surface area contributed by atoms with Crippen molar-refractivity contribution in [3.63, 3.8) is 0 Å². The van der Waals surface area contributed by atoms with Crippen LogP contribution in [-0.4, -0.2) is 27.6 Å². The molecular weight excluding hydrogens is 278 g/mol. The third kappa shape index (κ3) is 2.74. The lowest BCUT2D eigenvalue weighted by molar-refractivity contribution is 0.0526. The predicted molar refractivity (Wildman–Crippen MR) is 82.8 cm³/mol. The highest BCUT2D eigenvalue weighted by Crippen LogP contribution is 2.21. The highest BCUT2D eigenvalue weighted by atomic mass is 16.5. The lowest BCUT2D eigenvalue weighted by Gasteiger charge is -2.07. The normalized spacial score (nSPS) is 10.4. The molecule has 0 aliphatic rings. The van der Waals surface area contributed by atoms with E-state index in [4.69, 9.17) is 4.74 Å². The third-order valence-corrected chi connectivity index (χ3v) is 3.24. The number of benzene rings is 2. The minimum atomic E-state index is -0.323. The van der Waals surface area contributed by atoms with Crippen molar-refractivity contribution in [2.24, 2.45) is 0 Å². The van der Waals surface area contributed by atoms with Gasteiger partial charge in [-0.1, -0.05) is 35.5 Å². The molecule has 0 spiro atoms. The Labute approximate surface area is 128 Å². The first kappa shape index (κ1) is 14.0. The van der Waals surface area contributed by atoms with E-state index < -0.39 is 0 Å².